The second kappa shape index (κ2) is 6.65. The molecule has 0 radical (unpaired) electrons. The first kappa shape index (κ1) is 17.7. The molecule has 6 heteroatoms. The van der Waals surface area contributed by atoms with Gasteiger partial charge in [-0.25, -0.2) is 0 Å². The minimum atomic E-state index is -4.29. The Kier molecular flexibility index (Phi) is 4.91. The Labute approximate surface area is 140 Å². The minimum absolute atomic E-state index is 0.138. The zero-order valence-corrected chi connectivity index (χ0v) is 14.1. The SMILES string of the molecule is CO[C@@H]1CC[C@@]2(OC)CCN(Cc3ccc(C(F)(F)F)cc3)[C@H]2C1. The minimum Gasteiger partial charge on any atom is -0.381 e. The van der Waals surface area contributed by atoms with Crippen LogP contribution in [0.5, 0.6) is 0 Å². The van der Waals surface area contributed by atoms with Crippen molar-refractivity contribution in [1.29, 1.82) is 0 Å². The molecule has 1 aliphatic carbocycles. The fourth-order valence-corrected chi connectivity index (χ4v) is 4.19. The van der Waals surface area contributed by atoms with Crippen molar-refractivity contribution in [2.45, 2.75) is 56.2 Å². The van der Waals surface area contributed by atoms with Gasteiger partial charge in [0.2, 0.25) is 0 Å². The summed E-state index contributed by atoms with van der Waals surface area (Å²) in [6.07, 6.45) is -0.222. The second-order valence-corrected chi connectivity index (χ2v) is 6.83. The molecule has 0 aromatic heterocycles. The molecule has 24 heavy (non-hydrogen) atoms. The number of ether oxygens (including phenoxy) is 2. The van der Waals surface area contributed by atoms with Gasteiger partial charge in [-0.15, -0.1) is 0 Å². The highest BCUT2D eigenvalue weighted by molar-refractivity contribution is 5.25. The molecular formula is C18H24F3NO2. The molecule has 2 fully saturated rings. The number of hydrogen-bond acceptors (Lipinski definition) is 3. The molecule has 0 unspecified atom stereocenters. The molecule has 0 spiro atoms. The van der Waals surface area contributed by atoms with Crippen LogP contribution in [0, 0.1) is 0 Å². The molecule has 2 aliphatic rings. The number of likely N-dealkylation sites (tertiary alicyclic amines) is 1. The zero-order chi connectivity index (χ0) is 17.4. The summed E-state index contributed by atoms with van der Waals surface area (Å²) in [5.74, 6) is 0. The third-order valence-corrected chi connectivity index (χ3v) is 5.65. The zero-order valence-electron chi connectivity index (χ0n) is 14.1. The van der Waals surface area contributed by atoms with E-state index in [1.807, 2.05) is 0 Å². The summed E-state index contributed by atoms with van der Waals surface area (Å²) < 4.78 is 49.5. The Morgan fingerprint density at radius 1 is 1.17 bits per heavy atom. The maximum Gasteiger partial charge on any atom is 0.416 e. The number of alkyl halides is 3. The van der Waals surface area contributed by atoms with Gasteiger partial charge >= 0.3 is 6.18 Å². The lowest BCUT2D eigenvalue weighted by atomic mass is 9.79. The predicted octanol–water partition coefficient (Wildman–Crippen LogP) is 3.86. The molecular weight excluding hydrogens is 319 g/mol. The van der Waals surface area contributed by atoms with Gasteiger partial charge in [0.25, 0.3) is 0 Å². The third-order valence-electron chi connectivity index (χ3n) is 5.65. The monoisotopic (exact) mass is 343 g/mol. The van der Waals surface area contributed by atoms with Crippen molar-refractivity contribution in [2.24, 2.45) is 0 Å². The van der Waals surface area contributed by atoms with E-state index in [1.165, 1.54) is 0 Å². The first-order valence-corrected chi connectivity index (χ1v) is 8.36. The van der Waals surface area contributed by atoms with Crippen molar-refractivity contribution in [1.82, 2.24) is 4.90 Å². The lowest BCUT2D eigenvalue weighted by molar-refractivity contribution is -0.137. The van der Waals surface area contributed by atoms with E-state index < -0.39 is 11.7 Å². The topological polar surface area (TPSA) is 21.7 Å². The number of halogens is 3. The van der Waals surface area contributed by atoms with E-state index in [0.717, 1.165) is 49.9 Å². The maximum absolute atomic E-state index is 12.7. The smallest absolute Gasteiger partial charge is 0.381 e. The summed E-state index contributed by atoms with van der Waals surface area (Å²) in [4.78, 5) is 2.33. The van der Waals surface area contributed by atoms with Gasteiger partial charge in [0.1, 0.15) is 0 Å². The molecule has 1 aliphatic heterocycles. The van der Waals surface area contributed by atoms with Gasteiger partial charge in [-0.3, -0.25) is 4.90 Å². The second-order valence-electron chi connectivity index (χ2n) is 6.83. The Balaban J connectivity index is 1.73. The lowest BCUT2D eigenvalue weighted by Crippen LogP contribution is -2.51. The van der Waals surface area contributed by atoms with Gasteiger partial charge in [0.05, 0.1) is 17.3 Å². The number of methoxy groups -OCH3 is 2. The van der Waals surface area contributed by atoms with Crippen LogP contribution >= 0.6 is 0 Å². The summed E-state index contributed by atoms with van der Waals surface area (Å²) >= 11 is 0. The Bertz CT molecular complexity index is 560. The molecule has 3 atom stereocenters. The van der Waals surface area contributed by atoms with Crippen LogP contribution < -0.4 is 0 Å². The maximum atomic E-state index is 12.7. The third kappa shape index (κ3) is 3.32. The summed E-state index contributed by atoms with van der Waals surface area (Å²) in [6.45, 7) is 1.54. The fraction of sp³-hybridized carbons (Fsp3) is 0.667. The summed E-state index contributed by atoms with van der Waals surface area (Å²) in [5, 5.41) is 0. The molecule has 1 saturated heterocycles. The average Bonchev–Trinajstić information content (AvgIpc) is 2.93. The van der Waals surface area contributed by atoms with E-state index in [4.69, 9.17) is 9.47 Å². The average molecular weight is 343 g/mol. The summed E-state index contributed by atoms with van der Waals surface area (Å²) in [6, 6.07) is 5.73. The van der Waals surface area contributed by atoms with Gasteiger partial charge < -0.3 is 9.47 Å². The molecule has 0 bridgehead atoms. The van der Waals surface area contributed by atoms with Gasteiger partial charge in [-0.2, -0.15) is 13.2 Å². The highest BCUT2D eigenvalue weighted by atomic mass is 19.4. The van der Waals surface area contributed by atoms with E-state index in [2.05, 4.69) is 4.90 Å². The number of rotatable bonds is 4. The standard InChI is InChI=1S/C18H24F3NO2/c1-23-15-7-8-17(24-2)9-10-22(16(17)11-15)12-13-3-5-14(6-4-13)18(19,20)21/h3-6,15-16H,7-12H2,1-2H3/t15-,16+,17-/m1/s1. The highest BCUT2D eigenvalue weighted by Gasteiger charge is 2.50. The Morgan fingerprint density at radius 2 is 1.88 bits per heavy atom. The van der Waals surface area contributed by atoms with Crippen LogP contribution in [0.3, 0.4) is 0 Å². The molecule has 0 N–H and O–H groups in total. The van der Waals surface area contributed by atoms with Gasteiger partial charge in [0.15, 0.2) is 0 Å². The van der Waals surface area contributed by atoms with E-state index in [0.29, 0.717) is 6.54 Å². The Hall–Kier alpha value is -1.11. The van der Waals surface area contributed by atoms with Crippen molar-refractivity contribution < 1.29 is 22.6 Å². The highest BCUT2D eigenvalue weighted by Crippen LogP contribution is 2.43. The summed E-state index contributed by atoms with van der Waals surface area (Å²) in [7, 11) is 3.50. The molecule has 1 aromatic rings. The molecule has 1 saturated carbocycles. The van der Waals surface area contributed by atoms with E-state index in [1.54, 1.807) is 26.4 Å². The quantitative estimate of drug-likeness (QED) is 0.829. The van der Waals surface area contributed by atoms with Crippen molar-refractivity contribution in [2.75, 3.05) is 20.8 Å². The molecule has 3 rings (SSSR count). The van der Waals surface area contributed by atoms with Gasteiger partial charge in [0, 0.05) is 33.4 Å². The molecule has 1 heterocycles. The lowest BCUT2D eigenvalue weighted by Gasteiger charge is -2.43. The molecule has 1 aromatic carbocycles. The Morgan fingerprint density at radius 3 is 2.46 bits per heavy atom. The first-order valence-electron chi connectivity index (χ1n) is 8.36. The van der Waals surface area contributed by atoms with Crippen LogP contribution in [0.25, 0.3) is 0 Å². The van der Waals surface area contributed by atoms with Crippen molar-refractivity contribution >= 4 is 0 Å². The van der Waals surface area contributed by atoms with Gasteiger partial charge in [-0.1, -0.05) is 12.1 Å². The number of fused-ring (bicyclic) bond motifs is 1. The van der Waals surface area contributed by atoms with E-state index in [9.17, 15) is 13.2 Å². The van der Waals surface area contributed by atoms with Crippen LogP contribution in [0.15, 0.2) is 24.3 Å². The number of hydrogen-bond donors (Lipinski definition) is 0. The van der Waals surface area contributed by atoms with Crippen molar-refractivity contribution in [3.63, 3.8) is 0 Å². The summed E-state index contributed by atoms with van der Waals surface area (Å²) in [5.41, 5.74) is 0.159. The van der Waals surface area contributed by atoms with Crippen LogP contribution in [0.1, 0.15) is 36.8 Å². The molecule has 0 amide bonds. The normalized spacial score (nSPS) is 31.2. The predicted molar refractivity (Wildman–Crippen MR) is 84.6 cm³/mol. The van der Waals surface area contributed by atoms with E-state index >= 15 is 0 Å². The van der Waals surface area contributed by atoms with Gasteiger partial charge in [-0.05, 0) is 43.4 Å². The van der Waals surface area contributed by atoms with Crippen LogP contribution in [-0.4, -0.2) is 43.4 Å². The number of nitrogens with zero attached hydrogens (tertiary/aromatic N) is 1. The van der Waals surface area contributed by atoms with Crippen LogP contribution in [-0.2, 0) is 22.2 Å². The number of benzene rings is 1. The fourth-order valence-electron chi connectivity index (χ4n) is 4.19. The van der Waals surface area contributed by atoms with Crippen molar-refractivity contribution in [3.8, 4) is 0 Å². The molecule has 134 valence electrons. The van der Waals surface area contributed by atoms with Crippen LogP contribution in [0.4, 0.5) is 13.2 Å². The van der Waals surface area contributed by atoms with E-state index in [-0.39, 0.29) is 17.7 Å². The van der Waals surface area contributed by atoms with Crippen LogP contribution in [0.2, 0.25) is 0 Å². The molecule has 3 nitrogen and oxygen atoms in total. The first-order chi connectivity index (χ1) is 11.4. The largest absolute Gasteiger partial charge is 0.416 e. The van der Waals surface area contributed by atoms with Crippen molar-refractivity contribution in [3.05, 3.63) is 35.4 Å².